The Morgan fingerprint density at radius 3 is 2.86 bits per heavy atom. The van der Waals surface area contributed by atoms with Crippen LogP contribution in [0, 0.1) is 17.3 Å². The van der Waals surface area contributed by atoms with E-state index in [1.54, 1.807) is 5.57 Å². The molecule has 0 bridgehead atoms. The molecule has 0 aliphatic heterocycles. The number of nitrogens with zero attached hydrogens (tertiary/aromatic N) is 1. The van der Waals surface area contributed by atoms with E-state index >= 15 is 0 Å². The molecule has 0 spiro atoms. The molecule has 0 heterocycles. The minimum Gasteiger partial charge on any atom is -0.508 e. The molecule has 1 aromatic carbocycles. The fourth-order valence-corrected chi connectivity index (χ4v) is 6.73. The first-order valence-corrected chi connectivity index (χ1v) is 11.9. The average molecular weight is 397 g/mol. The van der Waals surface area contributed by atoms with Gasteiger partial charge in [0.25, 0.3) is 0 Å². The second kappa shape index (κ2) is 8.81. The van der Waals surface area contributed by atoms with E-state index in [9.17, 15) is 5.11 Å². The zero-order valence-corrected chi connectivity index (χ0v) is 18.7. The van der Waals surface area contributed by atoms with Crippen molar-refractivity contribution < 1.29 is 5.11 Å². The number of hydrogen-bond acceptors (Lipinski definition) is 3. The SMILES string of the molecule is CN(C)CCCCNC/C=C1\CCC2C3CCc4cc(O)ccc4C3CCC12C. The fourth-order valence-electron chi connectivity index (χ4n) is 6.73. The topological polar surface area (TPSA) is 35.5 Å². The molecule has 3 heteroatoms. The zero-order chi connectivity index (χ0) is 20.4. The van der Waals surface area contributed by atoms with E-state index in [-0.39, 0.29) is 0 Å². The van der Waals surface area contributed by atoms with E-state index in [1.807, 2.05) is 12.1 Å². The van der Waals surface area contributed by atoms with Crippen molar-refractivity contribution in [1.82, 2.24) is 10.2 Å². The van der Waals surface area contributed by atoms with Gasteiger partial charge in [0.15, 0.2) is 0 Å². The standard InChI is InChI=1S/C26H40N2O/c1-26-14-12-23-22-10-8-21(29)18-19(22)6-9-24(23)25(26)11-7-20(26)13-16-27-15-4-5-17-28(2)3/h8,10,13,18,23-25,27,29H,4-7,9,11-12,14-17H2,1-3H3/b20-13+. The zero-order valence-electron chi connectivity index (χ0n) is 18.7. The van der Waals surface area contributed by atoms with Gasteiger partial charge in [0.1, 0.15) is 5.75 Å². The van der Waals surface area contributed by atoms with Gasteiger partial charge in [-0.3, -0.25) is 0 Å². The third-order valence-corrected chi connectivity index (χ3v) is 8.26. The molecule has 1 aromatic rings. The summed E-state index contributed by atoms with van der Waals surface area (Å²) in [6.07, 6.45) is 12.8. The smallest absolute Gasteiger partial charge is 0.115 e. The number of phenols is 1. The second-order valence-electron chi connectivity index (χ2n) is 10.2. The Morgan fingerprint density at radius 2 is 2.03 bits per heavy atom. The molecular formula is C26H40N2O. The summed E-state index contributed by atoms with van der Waals surface area (Å²) in [6, 6.07) is 6.14. The number of benzene rings is 1. The van der Waals surface area contributed by atoms with E-state index in [2.05, 4.69) is 43.4 Å². The van der Waals surface area contributed by atoms with Gasteiger partial charge in [0.2, 0.25) is 0 Å². The molecule has 4 atom stereocenters. The first-order chi connectivity index (χ1) is 14.0. The first-order valence-electron chi connectivity index (χ1n) is 11.9. The van der Waals surface area contributed by atoms with Crippen LogP contribution in [0.15, 0.2) is 29.8 Å². The Bertz CT molecular complexity index is 740. The highest BCUT2D eigenvalue weighted by atomic mass is 16.3. The summed E-state index contributed by atoms with van der Waals surface area (Å²) in [5.74, 6) is 2.82. The number of unbranched alkanes of at least 4 members (excludes halogenated alkanes) is 1. The van der Waals surface area contributed by atoms with Gasteiger partial charge in [-0.05, 0) is 125 Å². The van der Waals surface area contributed by atoms with Gasteiger partial charge in [-0.25, -0.2) is 0 Å². The number of nitrogens with one attached hydrogen (secondary N) is 1. The number of aromatic hydroxyl groups is 1. The van der Waals surface area contributed by atoms with Gasteiger partial charge in [0, 0.05) is 6.54 Å². The highest BCUT2D eigenvalue weighted by Crippen LogP contribution is 2.62. The second-order valence-corrected chi connectivity index (χ2v) is 10.2. The molecule has 2 N–H and O–H groups in total. The molecule has 0 saturated heterocycles. The molecule has 4 rings (SSSR count). The van der Waals surface area contributed by atoms with E-state index in [0.29, 0.717) is 17.1 Å². The number of aryl methyl sites for hydroxylation is 1. The number of allylic oxidation sites excluding steroid dienone is 1. The van der Waals surface area contributed by atoms with Crippen molar-refractivity contribution in [3.63, 3.8) is 0 Å². The highest BCUT2D eigenvalue weighted by molar-refractivity contribution is 5.40. The quantitative estimate of drug-likeness (QED) is 0.497. The molecular weight excluding hydrogens is 356 g/mol. The predicted molar refractivity (Wildman–Crippen MR) is 121 cm³/mol. The van der Waals surface area contributed by atoms with Gasteiger partial charge in [0.05, 0.1) is 0 Å². The number of hydrogen-bond donors (Lipinski definition) is 2. The largest absolute Gasteiger partial charge is 0.508 e. The minimum atomic E-state index is 0.419. The van der Waals surface area contributed by atoms with Crippen LogP contribution in [0.4, 0.5) is 0 Å². The van der Waals surface area contributed by atoms with E-state index in [0.717, 1.165) is 31.3 Å². The van der Waals surface area contributed by atoms with Gasteiger partial charge in [-0.1, -0.05) is 24.6 Å². The Hall–Kier alpha value is -1.32. The summed E-state index contributed by atoms with van der Waals surface area (Å²) in [6.45, 7) is 5.92. The highest BCUT2D eigenvalue weighted by Gasteiger charge is 2.52. The van der Waals surface area contributed by atoms with Crippen molar-refractivity contribution >= 4 is 0 Å². The summed E-state index contributed by atoms with van der Waals surface area (Å²) in [5, 5.41) is 13.5. The summed E-state index contributed by atoms with van der Waals surface area (Å²) < 4.78 is 0. The van der Waals surface area contributed by atoms with E-state index in [4.69, 9.17) is 0 Å². The summed E-state index contributed by atoms with van der Waals surface area (Å²) in [4.78, 5) is 2.27. The summed E-state index contributed by atoms with van der Waals surface area (Å²) >= 11 is 0. The summed E-state index contributed by atoms with van der Waals surface area (Å²) in [7, 11) is 4.30. The number of rotatable bonds is 7. The Morgan fingerprint density at radius 1 is 1.17 bits per heavy atom. The fraction of sp³-hybridized carbons (Fsp3) is 0.692. The molecule has 3 nitrogen and oxygen atoms in total. The molecule has 3 aliphatic carbocycles. The lowest BCUT2D eigenvalue weighted by atomic mass is 9.55. The maximum atomic E-state index is 9.87. The monoisotopic (exact) mass is 396 g/mol. The van der Waals surface area contributed by atoms with E-state index < -0.39 is 0 Å². The predicted octanol–water partition coefficient (Wildman–Crippen LogP) is 5.11. The van der Waals surface area contributed by atoms with Gasteiger partial charge >= 0.3 is 0 Å². The molecule has 0 amide bonds. The van der Waals surface area contributed by atoms with Crippen LogP contribution < -0.4 is 5.32 Å². The van der Waals surface area contributed by atoms with Gasteiger partial charge in [-0.2, -0.15) is 0 Å². The normalized spacial score (nSPS) is 32.3. The van der Waals surface area contributed by atoms with Crippen molar-refractivity contribution in [1.29, 1.82) is 0 Å². The van der Waals surface area contributed by atoms with Crippen molar-refractivity contribution in [3.05, 3.63) is 41.0 Å². The molecule has 29 heavy (non-hydrogen) atoms. The molecule has 2 fully saturated rings. The lowest BCUT2D eigenvalue weighted by Gasteiger charge is -2.49. The van der Waals surface area contributed by atoms with Crippen LogP contribution in [0.2, 0.25) is 0 Å². The van der Waals surface area contributed by atoms with Gasteiger partial charge < -0.3 is 15.3 Å². The Balaban J connectivity index is 1.36. The first kappa shape index (κ1) is 20.9. The van der Waals surface area contributed by atoms with Gasteiger partial charge in [-0.15, -0.1) is 0 Å². The lowest BCUT2D eigenvalue weighted by molar-refractivity contribution is 0.0812. The molecule has 4 unspecified atom stereocenters. The maximum Gasteiger partial charge on any atom is 0.115 e. The summed E-state index contributed by atoms with van der Waals surface area (Å²) in [5.41, 5.74) is 5.10. The van der Waals surface area contributed by atoms with Crippen molar-refractivity contribution in [2.24, 2.45) is 17.3 Å². The minimum absolute atomic E-state index is 0.419. The lowest BCUT2D eigenvalue weighted by Crippen LogP contribution is -2.40. The van der Waals surface area contributed by atoms with Crippen LogP contribution in [0.1, 0.15) is 68.9 Å². The van der Waals surface area contributed by atoms with Crippen LogP contribution in [0.25, 0.3) is 0 Å². The maximum absolute atomic E-state index is 9.87. The molecule has 160 valence electrons. The van der Waals surface area contributed by atoms with Crippen LogP contribution >= 0.6 is 0 Å². The molecule has 2 saturated carbocycles. The van der Waals surface area contributed by atoms with Crippen molar-refractivity contribution in [2.45, 2.75) is 64.2 Å². The third-order valence-electron chi connectivity index (χ3n) is 8.26. The molecule has 0 aromatic heterocycles. The van der Waals surface area contributed by atoms with Crippen LogP contribution in [-0.4, -0.2) is 43.7 Å². The van der Waals surface area contributed by atoms with Crippen molar-refractivity contribution in [3.8, 4) is 5.75 Å². The number of fused-ring (bicyclic) bond motifs is 5. The van der Waals surface area contributed by atoms with E-state index in [1.165, 1.54) is 62.6 Å². The number of phenolic OH excluding ortho intramolecular Hbond substituents is 1. The Kier molecular flexibility index (Phi) is 6.36. The van der Waals surface area contributed by atoms with Crippen LogP contribution in [0.5, 0.6) is 5.75 Å². The van der Waals surface area contributed by atoms with Crippen LogP contribution in [-0.2, 0) is 6.42 Å². The van der Waals surface area contributed by atoms with Crippen LogP contribution in [0.3, 0.4) is 0 Å². The Labute approximate surface area is 177 Å². The average Bonchev–Trinajstić information content (AvgIpc) is 3.03. The molecule has 3 aliphatic rings. The van der Waals surface area contributed by atoms with Crippen molar-refractivity contribution in [2.75, 3.05) is 33.7 Å². The molecule has 0 radical (unpaired) electrons. The third kappa shape index (κ3) is 4.27.